The molecular formula is C17H21N3O2. The number of imidazole rings is 1. The molecule has 1 aromatic heterocycles. The van der Waals surface area contributed by atoms with Gasteiger partial charge < -0.3 is 10.1 Å². The van der Waals surface area contributed by atoms with Crippen molar-refractivity contribution in [2.75, 3.05) is 0 Å². The zero-order valence-electron chi connectivity index (χ0n) is 13.1. The fourth-order valence-electron chi connectivity index (χ4n) is 2.88. The summed E-state index contributed by atoms with van der Waals surface area (Å²) < 4.78 is 0. The summed E-state index contributed by atoms with van der Waals surface area (Å²) in [6.45, 7) is 6.52. The molecular weight excluding hydrogens is 278 g/mol. The molecule has 2 aromatic rings. The number of nitrogens with zero attached hydrogens (tertiary/aromatic N) is 1. The van der Waals surface area contributed by atoms with Crippen molar-refractivity contribution in [1.29, 1.82) is 0 Å². The molecule has 2 heterocycles. The molecule has 0 spiro atoms. The summed E-state index contributed by atoms with van der Waals surface area (Å²) >= 11 is 0. The minimum Gasteiger partial charge on any atom is -0.480 e. The van der Waals surface area contributed by atoms with E-state index in [9.17, 15) is 9.90 Å². The molecule has 5 nitrogen and oxygen atoms in total. The minimum atomic E-state index is -0.837. The van der Waals surface area contributed by atoms with Gasteiger partial charge in [-0.05, 0) is 16.5 Å². The number of carbonyl (C=O) groups is 1. The minimum absolute atomic E-state index is 0.0968. The van der Waals surface area contributed by atoms with Crippen LogP contribution in [0.2, 0.25) is 0 Å². The lowest BCUT2D eigenvalue weighted by Crippen LogP contribution is -2.45. The van der Waals surface area contributed by atoms with Crippen LogP contribution in [0.4, 0.5) is 0 Å². The molecule has 3 N–H and O–H groups in total. The van der Waals surface area contributed by atoms with Crippen LogP contribution in [0, 0.1) is 0 Å². The second kappa shape index (κ2) is 5.25. The van der Waals surface area contributed by atoms with Crippen LogP contribution in [0.25, 0.3) is 0 Å². The summed E-state index contributed by atoms with van der Waals surface area (Å²) in [6, 6.07) is 7.54. The third-order valence-electron chi connectivity index (χ3n) is 4.21. The Morgan fingerprint density at radius 1 is 1.27 bits per heavy atom. The lowest BCUT2D eigenvalue weighted by Gasteiger charge is -2.29. The van der Waals surface area contributed by atoms with Gasteiger partial charge in [-0.1, -0.05) is 45.0 Å². The zero-order chi connectivity index (χ0) is 15.9. The van der Waals surface area contributed by atoms with Crippen LogP contribution in [-0.2, 0) is 16.6 Å². The van der Waals surface area contributed by atoms with Crippen molar-refractivity contribution >= 4 is 5.97 Å². The molecule has 0 saturated heterocycles. The fourth-order valence-corrected chi connectivity index (χ4v) is 2.88. The highest BCUT2D eigenvalue weighted by atomic mass is 16.4. The highest BCUT2D eigenvalue weighted by Gasteiger charge is 2.33. The second-order valence-electron chi connectivity index (χ2n) is 6.83. The highest BCUT2D eigenvalue weighted by molar-refractivity contribution is 5.74. The number of nitrogens with one attached hydrogen (secondary N) is 2. The average molecular weight is 299 g/mol. The molecule has 1 aromatic carbocycles. The van der Waals surface area contributed by atoms with Crippen molar-refractivity contribution < 1.29 is 9.90 Å². The van der Waals surface area contributed by atoms with E-state index in [4.69, 9.17) is 0 Å². The van der Waals surface area contributed by atoms with Crippen molar-refractivity contribution in [1.82, 2.24) is 15.3 Å². The topological polar surface area (TPSA) is 78.0 Å². The summed E-state index contributed by atoms with van der Waals surface area (Å²) in [5.74, 6) is -0.837. The Balaban J connectivity index is 1.95. The number of aromatic amines is 1. The molecule has 0 radical (unpaired) electrons. The van der Waals surface area contributed by atoms with Gasteiger partial charge in [0, 0.05) is 12.1 Å². The summed E-state index contributed by atoms with van der Waals surface area (Å²) in [7, 11) is 0. The van der Waals surface area contributed by atoms with E-state index in [1.807, 2.05) is 0 Å². The quantitative estimate of drug-likeness (QED) is 0.795. The third-order valence-corrected chi connectivity index (χ3v) is 4.21. The first kappa shape index (κ1) is 14.8. The van der Waals surface area contributed by atoms with E-state index < -0.39 is 12.0 Å². The predicted octanol–water partition coefficient (Wildman–Crippen LogP) is 2.40. The van der Waals surface area contributed by atoms with Gasteiger partial charge in [0.05, 0.1) is 18.1 Å². The van der Waals surface area contributed by atoms with E-state index in [1.165, 1.54) is 5.56 Å². The summed E-state index contributed by atoms with van der Waals surface area (Å²) in [5, 5.41) is 12.5. The van der Waals surface area contributed by atoms with Crippen LogP contribution in [0.3, 0.4) is 0 Å². The molecule has 116 valence electrons. The molecule has 3 rings (SSSR count). The Morgan fingerprint density at radius 3 is 2.55 bits per heavy atom. The second-order valence-corrected chi connectivity index (χ2v) is 6.83. The van der Waals surface area contributed by atoms with Crippen molar-refractivity contribution in [2.45, 2.75) is 44.7 Å². The SMILES string of the molecule is CC(C)(C)c1ccc([C@H]2N[C@@H](C(=O)O)Cc3[nH]cnc32)cc1. The lowest BCUT2D eigenvalue weighted by molar-refractivity contribution is -0.139. The number of carboxylic acids is 1. The van der Waals surface area contributed by atoms with Gasteiger partial charge in [-0.3, -0.25) is 10.1 Å². The van der Waals surface area contributed by atoms with Gasteiger partial charge in [-0.2, -0.15) is 0 Å². The monoisotopic (exact) mass is 299 g/mol. The van der Waals surface area contributed by atoms with E-state index in [0.717, 1.165) is 17.0 Å². The average Bonchev–Trinajstić information content (AvgIpc) is 2.93. The molecule has 0 unspecified atom stereocenters. The Morgan fingerprint density at radius 2 is 1.95 bits per heavy atom. The van der Waals surface area contributed by atoms with Crippen LogP contribution in [0.5, 0.6) is 0 Å². The number of aliphatic carboxylic acids is 1. The molecule has 5 heteroatoms. The summed E-state index contributed by atoms with van der Waals surface area (Å²) in [5.41, 5.74) is 4.17. The van der Waals surface area contributed by atoms with Crippen LogP contribution in [0.1, 0.15) is 49.3 Å². The summed E-state index contributed by atoms with van der Waals surface area (Å²) in [4.78, 5) is 18.8. The van der Waals surface area contributed by atoms with E-state index in [0.29, 0.717) is 6.42 Å². The number of fused-ring (bicyclic) bond motifs is 1. The van der Waals surface area contributed by atoms with E-state index in [-0.39, 0.29) is 11.5 Å². The molecule has 0 bridgehead atoms. The maximum absolute atomic E-state index is 11.4. The Labute approximate surface area is 129 Å². The van der Waals surface area contributed by atoms with E-state index >= 15 is 0 Å². The number of rotatable bonds is 2. The molecule has 0 amide bonds. The van der Waals surface area contributed by atoms with Crippen molar-refractivity contribution in [3.8, 4) is 0 Å². The zero-order valence-corrected chi connectivity index (χ0v) is 13.1. The van der Waals surface area contributed by atoms with Gasteiger partial charge >= 0.3 is 5.97 Å². The van der Waals surface area contributed by atoms with Gasteiger partial charge in [0.25, 0.3) is 0 Å². The highest BCUT2D eigenvalue weighted by Crippen LogP contribution is 2.30. The van der Waals surface area contributed by atoms with Crippen molar-refractivity contribution in [2.24, 2.45) is 0 Å². The molecule has 0 saturated carbocycles. The molecule has 0 aliphatic carbocycles. The first-order chi connectivity index (χ1) is 10.4. The maximum Gasteiger partial charge on any atom is 0.321 e. The first-order valence-electron chi connectivity index (χ1n) is 7.47. The predicted molar refractivity (Wildman–Crippen MR) is 83.8 cm³/mol. The number of aromatic nitrogens is 2. The molecule has 0 fully saturated rings. The first-order valence-corrected chi connectivity index (χ1v) is 7.47. The summed E-state index contributed by atoms with van der Waals surface area (Å²) in [6.07, 6.45) is 2.06. The third kappa shape index (κ3) is 2.64. The van der Waals surface area contributed by atoms with Crippen molar-refractivity contribution in [3.05, 3.63) is 53.1 Å². The molecule has 22 heavy (non-hydrogen) atoms. The Hall–Kier alpha value is -2.14. The number of H-pyrrole nitrogens is 1. The molecule has 1 aliphatic rings. The van der Waals surface area contributed by atoms with Crippen LogP contribution < -0.4 is 5.32 Å². The number of carboxylic acid groups (broad SMARTS) is 1. The molecule has 2 atom stereocenters. The van der Waals surface area contributed by atoms with Gasteiger partial charge in [0.2, 0.25) is 0 Å². The number of hydrogen-bond acceptors (Lipinski definition) is 3. The number of benzene rings is 1. The fraction of sp³-hybridized carbons (Fsp3) is 0.412. The van der Waals surface area contributed by atoms with Crippen LogP contribution >= 0.6 is 0 Å². The van der Waals surface area contributed by atoms with Crippen molar-refractivity contribution in [3.63, 3.8) is 0 Å². The molecule has 1 aliphatic heterocycles. The lowest BCUT2D eigenvalue weighted by atomic mass is 9.85. The van der Waals surface area contributed by atoms with Crippen LogP contribution in [0.15, 0.2) is 30.6 Å². The normalized spacial score (nSPS) is 21.4. The van der Waals surface area contributed by atoms with Crippen LogP contribution in [-0.4, -0.2) is 27.1 Å². The van der Waals surface area contributed by atoms with Gasteiger partial charge in [-0.25, -0.2) is 4.98 Å². The van der Waals surface area contributed by atoms with Gasteiger partial charge in [0.15, 0.2) is 0 Å². The Bertz CT molecular complexity index is 683. The number of hydrogen-bond donors (Lipinski definition) is 3. The van der Waals surface area contributed by atoms with E-state index in [1.54, 1.807) is 6.33 Å². The van der Waals surface area contributed by atoms with E-state index in [2.05, 4.69) is 60.3 Å². The van der Waals surface area contributed by atoms with Gasteiger partial charge in [0.1, 0.15) is 6.04 Å². The smallest absolute Gasteiger partial charge is 0.321 e. The standard InChI is InChI=1S/C17H21N3O2/c1-17(2,3)11-6-4-10(5-7-11)14-15-12(18-9-19-15)8-13(20-14)16(21)22/h4-7,9,13-14,20H,8H2,1-3H3,(H,18,19)(H,21,22)/t13-,14-/m1/s1. The van der Waals surface area contributed by atoms with Gasteiger partial charge in [-0.15, -0.1) is 0 Å². The maximum atomic E-state index is 11.4. The largest absolute Gasteiger partial charge is 0.480 e. The Kier molecular flexibility index (Phi) is 3.53.